The molecule has 0 spiro atoms. The number of nitrogens with zero attached hydrogens (tertiary/aromatic N) is 1. The summed E-state index contributed by atoms with van der Waals surface area (Å²) in [6, 6.07) is 4.10. The summed E-state index contributed by atoms with van der Waals surface area (Å²) in [6.07, 6.45) is 0. The minimum atomic E-state index is -3.73. The van der Waals surface area contributed by atoms with Crippen LogP contribution in [0.5, 0.6) is 5.75 Å². The van der Waals surface area contributed by atoms with Crippen LogP contribution in [-0.2, 0) is 10.0 Å². The van der Waals surface area contributed by atoms with E-state index in [1.54, 1.807) is 0 Å². The number of carbonyl (C=O) groups is 1. The number of carbonyl (C=O) groups excluding carboxylic acids is 1. The van der Waals surface area contributed by atoms with Gasteiger partial charge in [0.15, 0.2) is 0 Å². The highest BCUT2D eigenvalue weighted by atomic mass is 32.2. The van der Waals surface area contributed by atoms with E-state index < -0.39 is 15.9 Å². The van der Waals surface area contributed by atoms with E-state index in [2.05, 4.69) is 9.62 Å². The fourth-order valence-corrected chi connectivity index (χ4v) is 3.48. The SMILES string of the molecule is CCN(CC)C(C)CNS(=O)(=O)c1ccc(OC)c(C(N)=O)c1. The van der Waals surface area contributed by atoms with Crippen LogP contribution in [0.25, 0.3) is 0 Å². The number of hydrogen-bond acceptors (Lipinski definition) is 5. The summed E-state index contributed by atoms with van der Waals surface area (Å²) < 4.78 is 32.4. The lowest BCUT2D eigenvalue weighted by atomic mass is 10.2. The molecule has 0 aliphatic heterocycles. The highest BCUT2D eigenvalue weighted by Crippen LogP contribution is 2.22. The second-order valence-electron chi connectivity index (χ2n) is 5.15. The molecular weight excluding hydrogens is 318 g/mol. The number of likely N-dealkylation sites (N-methyl/N-ethyl adjacent to an activating group) is 1. The molecule has 130 valence electrons. The van der Waals surface area contributed by atoms with Gasteiger partial charge in [0, 0.05) is 12.6 Å². The highest BCUT2D eigenvalue weighted by Gasteiger charge is 2.20. The van der Waals surface area contributed by atoms with Gasteiger partial charge in [0.1, 0.15) is 5.75 Å². The molecule has 1 aromatic carbocycles. The van der Waals surface area contributed by atoms with E-state index in [0.29, 0.717) is 0 Å². The van der Waals surface area contributed by atoms with Gasteiger partial charge in [-0.3, -0.25) is 9.69 Å². The summed E-state index contributed by atoms with van der Waals surface area (Å²) >= 11 is 0. The Morgan fingerprint density at radius 3 is 2.43 bits per heavy atom. The number of methoxy groups -OCH3 is 1. The number of hydrogen-bond donors (Lipinski definition) is 2. The van der Waals surface area contributed by atoms with Crippen molar-refractivity contribution in [2.45, 2.75) is 31.7 Å². The smallest absolute Gasteiger partial charge is 0.252 e. The zero-order valence-corrected chi connectivity index (χ0v) is 14.8. The van der Waals surface area contributed by atoms with Crippen molar-refractivity contribution in [3.8, 4) is 5.75 Å². The Kier molecular flexibility index (Phi) is 6.99. The number of rotatable bonds is 9. The van der Waals surface area contributed by atoms with Crippen LogP contribution in [-0.4, -0.2) is 52.0 Å². The number of nitrogens with one attached hydrogen (secondary N) is 1. The molecule has 1 atom stereocenters. The molecule has 8 heteroatoms. The van der Waals surface area contributed by atoms with Gasteiger partial charge in [0.05, 0.1) is 17.6 Å². The van der Waals surface area contributed by atoms with Crippen molar-refractivity contribution in [3.63, 3.8) is 0 Å². The molecule has 0 aliphatic rings. The van der Waals surface area contributed by atoms with Gasteiger partial charge in [0.2, 0.25) is 10.0 Å². The first-order chi connectivity index (χ1) is 10.8. The van der Waals surface area contributed by atoms with Crippen LogP contribution in [0.4, 0.5) is 0 Å². The second-order valence-corrected chi connectivity index (χ2v) is 6.92. The number of nitrogens with two attached hydrogens (primary N) is 1. The predicted octanol–water partition coefficient (Wildman–Crippen LogP) is 0.803. The summed E-state index contributed by atoms with van der Waals surface area (Å²) in [6.45, 7) is 7.97. The second kappa shape index (κ2) is 8.28. The lowest BCUT2D eigenvalue weighted by molar-refractivity contribution is 0.0997. The maximum Gasteiger partial charge on any atom is 0.252 e. The zero-order valence-electron chi connectivity index (χ0n) is 14.0. The largest absolute Gasteiger partial charge is 0.496 e. The van der Waals surface area contributed by atoms with Crippen molar-refractivity contribution in [1.82, 2.24) is 9.62 Å². The summed E-state index contributed by atoms with van der Waals surface area (Å²) in [7, 11) is -2.34. The standard InChI is InChI=1S/C15H25N3O4S/c1-5-18(6-2)11(3)10-17-23(20,21)12-7-8-14(22-4)13(9-12)15(16)19/h7-9,11,17H,5-6,10H2,1-4H3,(H2,16,19). The quantitative estimate of drug-likeness (QED) is 0.691. The Labute approximate surface area is 137 Å². The monoisotopic (exact) mass is 343 g/mol. The fraction of sp³-hybridized carbons (Fsp3) is 0.533. The van der Waals surface area contributed by atoms with Gasteiger partial charge < -0.3 is 10.5 Å². The van der Waals surface area contributed by atoms with Crippen LogP contribution in [0.2, 0.25) is 0 Å². The molecule has 0 aliphatic carbocycles. The molecule has 0 radical (unpaired) electrons. The van der Waals surface area contributed by atoms with Gasteiger partial charge in [-0.1, -0.05) is 13.8 Å². The fourth-order valence-electron chi connectivity index (χ4n) is 2.34. The molecule has 1 amide bonds. The third kappa shape index (κ3) is 4.92. The summed E-state index contributed by atoms with van der Waals surface area (Å²) in [5.74, 6) is -0.497. The Bertz CT molecular complexity index is 642. The third-order valence-corrected chi connectivity index (χ3v) is 5.17. The molecule has 1 aromatic rings. The van der Waals surface area contributed by atoms with E-state index >= 15 is 0 Å². The first kappa shape index (κ1) is 19.4. The van der Waals surface area contributed by atoms with Gasteiger partial charge in [0.25, 0.3) is 5.91 Å². The van der Waals surface area contributed by atoms with Gasteiger partial charge in [-0.25, -0.2) is 13.1 Å². The van der Waals surface area contributed by atoms with Gasteiger partial charge in [-0.15, -0.1) is 0 Å². The molecule has 0 heterocycles. The van der Waals surface area contributed by atoms with Crippen molar-refractivity contribution in [2.24, 2.45) is 5.73 Å². The Morgan fingerprint density at radius 2 is 1.96 bits per heavy atom. The van der Waals surface area contributed by atoms with E-state index in [9.17, 15) is 13.2 Å². The summed E-state index contributed by atoms with van der Waals surface area (Å²) in [5.41, 5.74) is 5.29. The van der Waals surface area contributed by atoms with Crippen molar-refractivity contribution in [2.75, 3.05) is 26.7 Å². The molecule has 0 fully saturated rings. The predicted molar refractivity (Wildman–Crippen MR) is 89.1 cm³/mol. The Balaban J connectivity index is 2.96. The van der Waals surface area contributed by atoms with Crippen LogP contribution in [0, 0.1) is 0 Å². The number of sulfonamides is 1. The van der Waals surface area contributed by atoms with Crippen LogP contribution >= 0.6 is 0 Å². The third-order valence-electron chi connectivity index (χ3n) is 3.75. The number of ether oxygens (including phenoxy) is 1. The maximum absolute atomic E-state index is 12.4. The average molecular weight is 343 g/mol. The van der Waals surface area contributed by atoms with Gasteiger partial charge in [-0.05, 0) is 38.2 Å². The first-order valence-electron chi connectivity index (χ1n) is 7.48. The summed E-state index contributed by atoms with van der Waals surface area (Å²) in [5, 5.41) is 0. The number of amides is 1. The van der Waals surface area contributed by atoms with E-state index in [1.165, 1.54) is 25.3 Å². The maximum atomic E-state index is 12.4. The zero-order chi connectivity index (χ0) is 17.6. The van der Waals surface area contributed by atoms with Crippen LogP contribution < -0.4 is 15.2 Å². The van der Waals surface area contributed by atoms with Crippen molar-refractivity contribution < 1.29 is 17.9 Å². The minimum absolute atomic E-state index is 0.0150. The Hall–Kier alpha value is -1.64. The van der Waals surface area contributed by atoms with E-state index in [-0.39, 0.29) is 28.8 Å². The van der Waals surface area contributed by atoms with E-state index in [1.807, 2.05) is 20.8 Å². The molecule has 7 nitrogen and oxygen atoms in total. The van der Waals surface area contributed by atoms with E-state index in [4.69, 9.17) is 10.5 Å². The van der Waals surface area contributed by atoms with Crippen LogP contribution in [0.3, 0.4) is 0 Å². The number of benzene rings is 1. The topological polar surface area (TPSA) is 102 Å². The molecule has 0 bridgehead atoms. The molecule has 0 aromatic heterocycles. The molecule has 0 saturated heterocycles. The van der Waals surface area contributed by atoms with Crippen LogP contribution in [0.15, 0.2) is 23.1 Å². The molecule has 1 unspecified atom stereocenters. The normalized spacial score (nSPS) is 13.1. The lowest BCUT2D eigenvalue weighted by Gasteiger charge is -2.26. The molecule has 1 rings (SSSR count). The molecular formula is C15H25N3O4S. The van der Waals surface area contributed by atoms with Gasteiger partial charge in [-0.2, -0.15) is 0 Å². The number of primary amides is 1. The Morgan fingerprint density at radius 1 is 1.35 bits per heavy atom. The average Bonchev–Trinajstić information content (AvgIpc) is 2.53. The molecule has 0 saturated carbocycles. The van der Waals surface area contributed by atoms with Crippen molar-refractivity contribution >= 4 is 15.9 Å². The van der Waals surface area contributed by atoms with Crippen molar-refractivity contribution in [3.05, 3.63) is 23.8 Å². The molecule has 3 N–H and O–H groups in total. The van der Waals surface area contributed by atoms with Crippen LogP contribution in [0.1, 0.15) is 31.1 Å². The van der Waals surface area contributed by atoms with Crippen molar-refractivity contribution in [1.29, 1.82) is 0 Å². The van der Waals surface area contributed by atoms with E-state index in [0.717, 1.165) is 13.1 Å². The first-order valence-corrected chi connectivity index (χ1v) is 8.96. The minimum Gasteiger partial charge on any atom is -0.496 e. The molecule has 23 heavy (non-hydrogen) atoms. The lowest BCUT2D eigenvalue weighted by Crippen LogP contribution is -2.41. The van der Waals surface area contributed by atoms with Gasteiger partial charge >= 0.3 is 0 Å². The summed E-state index contributed by atoms with van der Waals surface area (Å²) in [4.78, 5) is 13.5. The highest BCUT2D eigenvalue weighted by molar-refractivity contribution is 7.89.